The average molecular weight is 268 g/mol. The first-order valence-corrected chi connectivity index (χ1v) is 7.01. The van der Waals surface area contributed by atoms with Gasteiger partial charge in [-0.15, -0.1) is 11.8 Å². The zero-order chi connectivity index (χ0) is 13.3. The summed E-state index contributed by atoms with van der Waals surface area (Å²) in [6.45, 7) is 1.99. The molecule has 0 bridgehead atoms. The van der Waals surface area contributed by atoms with Crippen LogP contribution in [0.3, 0.4) is 0 Å². The van der Waals surface area contributed by atoms with E-state index in [-0.39, 0.29) is 5.91 Å². The summed E-state index contributed by atoms with van der Waals surface area (Å²) >= 11 is 1.79. The highest BCUT2D eigenvalue weighted by Gasteiger charge is 2.43. The van der Waals surface area contributed by atoms with Crippen molar-refractivity contribution in [3.8, 4) is 0 Å². The molecule has 1 aromatic rings. The summed E-state index contributed by atoms with van der Waals surface area (Å²) in [6.07, 6.45) is 2.60. The number of likely N-dealkylation sites (N-methyl/N-ethyl adjacent to an activating group) is 1. The van der Waals surface area contributed by atoms with E-state index in [1.807, 2.05) is 25.7 Å². The van der Waals surface area contributed by atoms with Crippen molar-refractivity contribution < 1.29 is 4.79 Å². The number of nitrogens with zero attached hydrogens (tertiary/aromatic N) is 2. The number of aryl methyl sites for hydroxylation is 2. The van der Waals surface area contributed by atoms with E-state index in [1.165, 1.54) is 0 Å². The Morgan fingerprint density at radius 2 is 2.44 bits per heavy atom. The number of carbonyl (C=O) groups excluding carboxylic acids is 1. The second-order valence-electron chi connectivity index (χ2n) is 4.93. The van der Waals surface area contributed by atoms with Gasteiger partial charge in [0.15, 0.2) is 0 Å². The van der Waals surface area contributed by atoms with Crippen molar-refractivity contribution in [2.45, 2.75) is 42.0 Å². The second kappa shape index (κ2) is 4.93. The fraction of sp³-hybridized carbons (Fsp3) is 0.667. The third kappa shape index (κ3) is 2.40. The van der Waals surface area contributed by atoms with Crippen LogP contribution in [0.2, 0.25) is 0 Å². The maximum absolute atomic E-state index is 11.6. The van der Waals surface area contributed by atoms with Crippen LogP contribution in [0.15, 0.2) is 11.1 Å². The number of hydrogen-bond donors (Lipinski definition) is 2. The summed E-state index contributed by atoms with van der Waals surface area (Å²) in [5, 5.41) is 9.00. The smallest absolute Gasteiger partial charge is 0.237 e. The van der Waals surface area contributed by atoms with Gasteiger partial charge in [0, 0.05) is 12.3 Å². The molecule has 0 aliphatic heterocycles. The van der Waals surface area contributed by atoms with Gasteiger partial charge in [-0.25, -0.2) is 0 Å². The van der Waals surface area contributed by atoms with E-state index in [4.69, 9.17) is 5.73 Å². The molecule has 1 aliphatic rings. The minimum absolute atomic E-state index is 0.241. The van der Waals surface area contributed by atoms with E-state index in [0.717, 1.165) is 30.0 Å². The first kappa shape index (κ1) is 13.4. The third-order valence-corrected chi connectivity index (χ3v) is 5.03. The maximum Gasteiger partial charge on any atom is 0.237 e. The van der Waals surface area contributed by atoms with E-state index >= 15 is 0 Å². The summed E-state index contributed by atoms with van der Waals surface area (Å²) < 4.78 is 1.89. The molecule has 1 fully saturated rings. The Kier molecular flexibility index (Phi) is 3.68. The number of carbonyl (C=O) groups is 1. The van der Waals surface area contributed by atoms with Crippen LogP contribution in [-0.4, -0.2) is 33.5 Å². The van der Waals surface area contributed by atoms with Gasteiger partial charge in [0.25, 0.3) is 0 Å². The van der Waals surface area contributed by atoms with Crippen molar-refractivity contribution in [2.24, 2.45) is 12.8 Å². The summed E-state index contributed by atoms with van der Waals surface area (Å²) in [7, 11) is 3.76. The monoisotopic (exact) mass is 268 g/mol. The number of thioether (sulfide) groups is 1. The molecule has 0 spiro atoms. The normalized spacial score (nSPS) is 27.6. The van der Waals surface area contributed by atoms with Crippen LogP contribution in [0.25, 0.3) is 0 Å². The van der Waals surface area contributed by atoms with Gasteiger partial charge in [-0.1, -0.05) is 0 Å². The lowest BCUT2D eigenvalue weighted by atomic mass is 9.97. The lowest BCUT2D eigenvalue weighted by Gasteiger charge is -2.24. The fourth-order valence-corrected chi connectivity index (χ4v) is 3.92. The highest BCUT2D eigenvalue weighted by atomic mass is 32.2. The van der Waals surface area contributed by atoms with Gasteiger partial charge in [-0.2, -0.15) is 5.10 Å². The summed E-state index contributed by atoms with van der Waals surface area (Å²) in [6, 6.07) is 2.08. The van der Waals surface area contributed by atoms with Crippen molar-refractivity contribution in [1.29, 1.82) is 0 Å². The fourth-order valence-electron chi connectivity index (χ4n) is 2.54. The van der Waals surface area contributed by atoms with Crippen molar-refractivity contribution in [1.82, 2.24) is 15.1 Å². The van der Waals surface area contributed by atoms with Gasteiger partial charge < -0.3 is 11.1 Å². The van der Waals surface area contributed by atoms with Crippen LogP contribution >= 0.6 is 11.8 Å². The van der Waals surface area contributed by atoms with Crippen LogP contribution < -0.4 is 11.1 Å². The zero-order valence-electron chi connectivity index (χ0n) is 11.1. The number of nitrogens with two attached hydrogens (primary N) is 1. The third-order valence-electron chi connectivity index (χ3n) is 3.67. The standard InChI is InChI=1S/C12H20N4OS/c1-8-6-10(16(3)15-8)18-9-4-5-12(7-9,14-2)11(13)17/h6,9,14H,4-5,7H2,1-3H3,(H2,13,17). The Balaban J connectivity index is 2.06. The highest BCUT2D eigenvalue weighted by molar-refractivity contribution is 7.99. The Morgan fingerprint density at radius 3 is 2.89 bits per heavy atom. The lowest BCUT2D eigenvalue weighted by Crippen LogP contribution is -2.52. The molecule has 1 aliphatic carbocycles. The van der Waals surface area contributed by atoms with Crippen LogP contribution in [0.4, 0.5) is 0 Å². The first-order valence-electron chi connectivity index (χ1n) is 6.13. The molecule has 2 rings (SSSR count). The van der Waals surface area contributed by atoms with E-state index in [9.17, 15) is 4.79 Å². The molecule has 1 saturated carbocycles. The number of nitrogens with one attached hydrogen (secondary N) is 1. The zero-order valence-corrected chi connectivity index (χ0v) is 11.9. The number of hydrogen-bond acceptors (Lipinski definition) is 4. The quantitative estimate of drug-likeness (QED) is 0.848. The van der Waals surface area contributed by atoms with E-state index < -0.39 is 5.54 Å². The van der Waals surface area contributed by atoms with E-state index in [1.54, 1.807) is 11.8 Å². The van der Waals surface area contributed by atoms with Gasteiger partial charge in [0.1, 0.15) is 0 Å². The predicted molar refractivity (Wildman–Crippen MR) is 72.4 cm³/mol. The Hall–Kier alpha value is -1.01. The molecule has 5 nitrogen and oxygen atoms in total. The molecule has 2 atom stereocenters. The van der Waals surface area contributed by atoms with Crippen LogP contribution in [0.1, 0.15) is 25.0 Å². The van der Waals surface area contributed by atoms with Crippen molar-refractivity contribution in [3.63, 3.8) is 0 Å². The molecule has 1 heterocycles. The molecule has 18 heavy (non-hydrogen) atoms. The summed E-state index contributed by atoms with van der Waals surface area (Å²) in [5.41, 5.74) is 6.00. The van der Waals surface area contributed by atoms with Crippen LogP contribution in [0.5, 0.6) is 0 Å². The van der Waals surface area contributed by atoms with Gasteiger partial charge >= 0.3 is 0 Å². The lowest BCUT2D eigenvalue weighted by molar-refractivity contribution is -0.124. The first-order chi connectivity index (χ1) is 8.47. The molecule has 0 radical (unpaired) electrons. The number of rotatable bonds is 4. The molecule has 1 aromatic heterocycles. The maximum atomic E-state index is 11.6. The van der Waals surface area contributed by atoms with Gasteiger partial charge in [0.05, 0.1) is 16.3 Å². The van der Waals surface area contributed by atoms with Crippen molar-refractivity contribution in [3.05, 3.63) is 11.8 Å². The van der Waals surface area contributed by atoms with E-state index in [0.29, 0.717) is 5.25 Å². The van der Waals surface area contributed by atoms with Crippen molar-refractivity contribution >= 4 is 17.7 Å². The second-order valence-corrected chi connectivity index (χ2v) is 6.25. The SMILES string of the molecule is CNC1(C(N)=O)CCC(Sc2cc(C)nn2C)C1. The van der Waals surface area contributed by atoms with Gasteiger partial charge in [-0.05, 0) is 39.3 Å². The molecule has 0 saturated heterocycles. The average Bonchev–Trinajstić information content (AvgIpc) is 2.85. The molecule has 1 amide bonds. The number of aromatic nitrogens is 2. The minimum Gasteiger partial charge on any atom is -0.368 e. The van der Waals surface area contributed by atoms with Gasteiger partial charge in [0.2, 0.25) is 5.91 Å². The molecule has 0 aromatic carbocycles. The summed E-state index contributed by atoms with van der Waals surface area (Å²) in [4.78, 5) is 11.6. The molecular weight excluding hydrogens is 248 g/mol. The number of amides is 1. The summed E-state index contributed by atoms with van der Waals surface area (Å²) in [5.74, 6) is -0.241. The topological polar surface area (TPSA) is 72.9 Å². The molecule has 6 heteroatoms. The van der Waals surface area contributed by atoms with Crippen molar-refractivity contribution in [2.75, 3.05) is 7.05 Å². The highest BCUT2D eigenvalue weighted by Crippen LogP contribution is 2.39. The Bertz CT molecular complexity index is 459. The predicted octanol–water partition coefficient (Wildman–Crippen LogP) is 0.817. The molecule has 100 valence electrons. The minimum atomic E-state index is -0.523. The number of primary amides is 1. The van der Waals surface area contributed by atoms with Crippen LogP contribution in [-0.2, 0) is 11.8 Å². The molecular formula is C12H20N4OS. The Morgan fingerprint density at radius 1 is 1.72 bits per heavy atom. The van der Waals surface area contributed by atoms with Gasteiger partial charge in [-0.3, -0.25) is 9.48 Å². The largest absolute Gasteiger partial charge is 0.368 e. The van der Waals surface area contributed by atoms with Crippen LogP contribution in [0, 0.1) is 6.92 Å². The van der Waals surface area contributed by atoms with E-state index in [2.05, 4.69) is 16.5 Å². The molecule has 3 N–H and O–H groups in total. The Labute approximate surface area is 111 Å². The molecule has 2 unspecified atom stereocenters.